The molecule has 0 saturated carbocycles. The van der Waals surface area contributed by atoms with Crippen molar-refractivity contribution >= 4 is 0 Å². The summed E-state index contributed by atoms with van der Waals surface area (Å²) in [6, 6.07) is 7.70. The Morgan fingerprint density at radius 1 is 1.25 bits per heavy atom. The zero-order valence-corrected chi connectivity index (χ0v) is 11.6. The average Bonchev–Trinajstić information content (AvgIpc) is 2.94. The minimum atomic E-state index is 0.00816. The molecule has 4 heteroatoms. The largest absolute Gasteiger partial charge is 0.494 e. The summed E-state index contributed by atoms with van der Waals surface area (Å²) in [5, 5.41) is 0. The van der Waals surface area contributed by atoms with Crippen molar-refractivity contribution in [3.05, 3.63) is 45.9 Å². The monoisotopic (exact) mass is 270 g/mol. The summed E-state index contributed by atoms with van der Waals surface area (Å²) >= 11 is 0. The maximum Gasteiger partial charge on any atom is 0.254 e. The van der Waals surface area contributed by atoms with Gasteiger partial charge >= 0.3 is 0 Å². The van der Waals surface area contributed by atoms with E-state index in [0.717, 1.165) is 48.3 Å². The Labute approximate surface area is 117 Å². The number of aromatic nitrogens is 2. The van der Waals surface area contributed by atoms with Gasteiger partial charge in [-0.15, -0.1) is 0 Å². The first-order valence-electron chi connectivity index (χ1n) is 7.13. The van der Waals surface area contributed by atoms with Gasteiger partial charge in [-0.2, -0.15) is 0 Å². The van der Waals surface area contributed by atoms with E-state index < -0.39 is 0 Å². The summed E-state index contributed by atoms with van der Waals surface area (Å²) in [6.07, 6.45) is 3.77. The maximum absolute atomic E-state index is 12.0. The van der Waals surface area contributed by atoms with Crippen molar-refractivity contribution in [2.24, 2.45) is 0 Å². The fraction of sp³-hybridized carbons (Fsp3) is 0.375. The number of hydrogen-bond donors (Lipinski definition) is 1. The van der Waals surface area contributed by atoms with Gasteiger partial charge in [-0.25, -0.2) is 4.98 Å². The van der Waals surface area contributed by atoms with Crippen LogP contribution < -0.4 is 10.3 Å². The second kappa shape index (κ2) is 5.49. The van der Waals surface area contributed by atoms with Gasteiger partial charge in [0, 0.05) is 11.1 Å². The predicted molar refractivity (Wildman–Crippen MR) is 78.1 cm³/mol. The normalized spacial score (nSPS) is 13.2. The molecule has 104 valence electrons. The Balaban J connectivity index is 1.89. The van der Waals surface area contributed by atoms with E-state index in [1.165, 1.54) is 0 Å². The van der Waals surface area contributed by atoms with Gasteiger partial charge < -0.3 is 9.72 Å². The number of fused-ring (bicyclic) bond motifs is 1. The topological polar surface area (TPSA) is 55.0 Å². The quantitative estimate of drug-likeness (QED) is 0.929. The van der Waals surface area contributed by atoms with Gasteiger partial charge in [0.05, 0.1) is 12.3 Å². The number of H-pyrrole nitrogens is 1. The summed E-state index contributed by atoms with van der Waals surface area (Å²) in [4.78, 5) is 19.5. The first-order chi connectivity index (χ1) is 9.78. The second-order valence-electron chi connectivity index (χ2n) is 5.07. The van der Waals surface area contributed by atoms with Crippen LogP contribution in [0.15, 0.2) is 29.1 Å². The number of nitrogens with one attached hydrogen (secondary N) is 1. The summed E-state index contributed by atoms with van der Waals surface area (Å²) in [6.45, 7) is 2.79. The molecule has 0 fully saturated rings. The molecule has 0 amide bonds. The van der Waals surface area contributed by atoms with Gasteiger partial charge in [-0.1, -0.05) is 6.92 Å². The van der Waals surface area contributed by atoms with E-state index in [1.807, 2.05) is 24.3 Å². The number of rotatable bonds is 4. The van der Waals surface area contributed by atoms with Crippen molar-refractivity contribution in [1.82, 2.24) is 9.97 Å². The molecule has 0 aliphatic heterocycles. The van der Waals surface area contributed by atoms with E-state index in [0.29, 0.717) is 12.4 Å². The fourth-order valence-electron chi connectivity index (χ4n) is 2.51. The van der Waals surface area contributed by atoms with E-state index in [-0.39, 0.29) is 5.56 Å². The fourth-order valence-corrected chi connectivity index (χ4v) is 2.51. The zero-order valence-electron chi connectivity index (χ0n) is 11.6. The van der Waals surface area contributed by atoms with Crippen LogP contribution in [-0.4, -0.2) is 16.6 Å². The summed E-state index contributed by atoms with van der Waals surface area (Å²) < 4.78 is 5.55. The minimum Gasteiger partial charge on any atom is -0.494 e. The number of ether oxygens (including phenoxy) is 1. The van der Waals surface area contributed by atoms with Crippen LogP contribution in [0.4, 0.5) is 0 Å². The molecule has 0 spiro atoms. The third kappa shape index (κ3) is 2.46. The zero-order chi connectivity index (χ0) is 13.9. The molecule has 2 aromatic rings. The van der Waals surface area contributed by atoms with Gasteiger partial charge in [0.25, 0.3) is 5.56 Å². The molecule has 1 N–H and O–H groups in total. The highest BCUT2D eigenvalue weighted by molar-refractivity contribution is 5.56. The molecule has 0 radical (unpaired) electrons. The van der Waals surface area contributed by atoms with Crippen LogP contribution in [0.1, 0.15) is 31.0 Å². The highest BCUT2D eigenvalue weighted by atomic mass is 16.5. The first-order valence-corrected chi connectivity index (χ1v) is 7.13. The minimum absolute atomic E-state index is 0.00816. The molecule has 1 heterocycles. The van der Waals surface area contributed by atoms with E-state index in [4.69, 9.17) is 4.74 Å². The maximum atomic E-state index is 12.0. The van der Waals surface area contributed by atoms with Crippen LogP contribution in [-0.2, 0) is 12.8 Å². The SMILES string of the molecule is CCCOc1ccc(-c2nc3c(c(=O)[nH]2)CCC3)cc1. The number of benzene rings is 1. The van der Waals surface area contributed by atoms with E-state index in [2.05, 4.69) is 16.9 Å². The Bertz CT molecular complexity index is 659. The van der Waals surface area contributed by atoms with Crippen LogP contribution in [0.25, 0.3) is 11.4 Å². The van der Waals surface area contributed by atoms with Gasteiger partial charge in [0.15, 0.2) is 0 Å². The Kier molecular flexibility index (Phi) is 3.54. The lowest BCUT2D eigenvalue weighted by Gasteiger charge is -2.07. The predicted octanol–water partition coefficient (Wildman–Crippen LogP) is 2.71. The van der Waals surface area contributed by atoms with Crippen molar-refractivity contribution in [3.8, 4) is 17.1 Å². The second-order valence-corrected chi connectivity index (χ2v) is 5.07. The molecule has 0 unspecified atom stereocenters. The Morgan fingerprint density at radius 3 is 2.80 bits per heavy atom. The molecular weight excluding hydrogens is 252 g/mol. The lowest BCUT2D eigenvalue weighted by molar-refractivity contribution is 0.317. The molecular formula is C16H18N2O2. The molecule has 20 heavy (non-hydrogen) atoms. The first kappa shape index (κ1) is 12.9. The van der Waals surface area contributed by atoms with Crippen LogP contribution in [0.3, 0.4) is 0 Å². The number of aryl methyl sites for hydroxylation is 1. The van der Waals surface area contributed by atoms with Crippen molar-refractivity contribution < 1.29 is 4.74 Å². The van der Waals surface area contributed by atoms with Crippen LogP contribution in [0.2, 0.25) is 0 Å². The molecule has 0 bridgehead atoms. The lowest BCUT2D eigenvalue weighted by Crippen LogP contribution is -2.15. The number of aromatic amines is 1. The van der Waals surface area contributed by atoms with Crippen molar-refractivity contribution in [2.45, 2.75) is 32.6 Å². The van der Waals surface area contributed by atoms with Crippen molar-refractivity contribution in [2.75, 3.05) is 6.61 Å². The van der Waals surface area contributed by atoms with Crippen LogP contribution in [0, 0.1) is 0 Å². The smallest absolute Gasteiger partial charge is 0.254 e. The molecule has 1 aromatic heterocycles. The standard InChI is InChI=1S/C16H18N2O2/c1-2-10-20-12-8-6-11(7-9-12)15-17-14-5-3-4-13(14)16(19)18-15/h6-9H,2-5,10H2,1H3,(H,17,18,19). The van der Waals surface area contributed by atoms with Crippen LogP contribution in [0.5, 0.6) is 5.75 Å². The molecule has 1 aliphatic rings. The van der Waals surface area contributed by atoms with Gasteiger partial charge in [0.2, 0.25) is 0 Å². The molecule has 4 nitrogen and oxygen atoms in total. The van der Waals surface area contributed by atoms with E-state index in [9.17, 15) is 4.79 Å². The number of hydrogen-bond acceptors (Lipinski definition) is 3. The Hall–Kier alpha value is -2.10. The summed E-state index contributed by atoms with van der Waals surface area (Å²) in [7, 11) is 0. The Morgan fingerprint density at radius 2 is 2.05 bits per heavy atom. The van der Waals surface area contributed by atoms with Crippen molar-refractivity contribution in [3.63, 3.8) is 0 Å². The highest BCUT2D eigenvalue weighted by Gasteiger charge is 2.17. The lowest BCUT2D eigenvalue weighted by atomic mass is 10.2. The number of nitrogens with zero attached hydrogens (tertiary/aromatic N) is 1. The average molecular weight is 270 g/mol. The third-order valence-electron chi connectivity index (χ3n) is 3.54. The third-order valence-corrected chi connectivity index (χ3v) is 3.54. The molecule has 1 aliphatic carbocycles. The molecule has 3 rings (SSSR count). The van der Waals surface area contributed by atoms with Gasteiger partial charge in [-0.3, -0.25) is 4.79 Å². The van der Waals surface area contributed by atoms with E-state index in [1.54, 1.807) is 0 Å². The summed E-state index contributed by atoms with van der Waals surface area (Å²) in [5.74, 6) is 1.50. The molecule has 0 saturated heterocycles. The van der Waals surface area contributed by atoms with E-state index >= 15 is 0 Å². The van der Waals surface area contributed by atoms with Gasteiger partial charge in [0.1, 0.15) is 11.6 Å². The van der Waals surface area contributed by atoms with Crippen molar-refractivity contribution in [1.29, 1.82) is 0 Å². The molecule has 0 atom stereocenters. The van der Waals surface area contributed by atoms with Gasteiger partial charge in [-0.05, 0) is 49.9 Å². The summed E-state index contributed by atoms with van der Waals surface area (Å²) in [5.41, 5.74) is 2.74. The highest BCUT2D eigenvalue weighted by Crippen LogP contribution is 2.22. The van der Waals surface area contributed by atoms with Crippen LogP contribution >= 0.6 is 0 Å². The molecule has 1 aromatic carbocycles.